The molecule has 1 heterocycles. The number of halogens is 1. The van der Waals surface area contributed by atoms with Gasteiger partial charge in [-0.05, 0) is 36.6 Å². The van der Waals surface area contributed by atoms with Crippen LogP contribution in [-0.4, -0.2) is 54.7 Å². The lowest BCUT2D eigenvalue weighted by molar-refractivity contribution is -0.133. The molecule has 1 unspecified atom stereocenters. The summed E-state index contributed by atoms with van der Waals surface area (Å²) in [6, 6.07) is 14.5. The Morgan fingerprint density at radius 2 is 1.87 bits per heavy atom. The molecule has 1 N–H and O–H groups in total. The third kappa shape index (κ3) is 5.39. The summed E-state index contributed by atoms with van der Waals surface area (Å²) in [6.45, 7) is 1.07. The van der Waals surface area contributed by atoms with Crippen LogP contribution in [0, 0.1) is 5.92 Å². The van der Waals surface area contributed by atoms with Crippen molar-refractivity contribution in [2.24, 2.45) is 5.92 Å². The van der Waals surface area contributed by atoms with Crippen LogP contribution in [-0.2, 0) is 16.0 Å². The van der Waals surface area contributed by atoms with Gasteiger partial charge in [0.25, 0.3) is 5.91 Å². The first kappa shape index (κ1) is 21.8. The second-order valence-corrected chi connectivity index (χ2v) is 8.13. The Balaban J connectivity index is 1.60. The minimum atomic E-state index is -0.277. The van der Waals surface area contributed by atoms with Gasteiger partial charge in [-0.2, -0.15) is 0 Å². The summed E-state index contributed by atoms with van der Waals surface area (Å²) < 4.78 is 0. The summed E-state index contributed by atoms with van der Waals surface area (Å²) >= 11 is 6.23. The summed E-state index contributed by atoms with van der Waals surface area (Å²) in [7, 11) is 3.31. The zero-order valence-corrected chi connectivity index (χ0v) is 18.0. The lowest BCUT2D eigenvalue weighted by Crippen LogP contribution is -2.44. The SMILES string of the molecule is CN(C)C(=O)c1ccc(NC(=O)C2CCCN(C(=O)Cc3ccccc3)C2)cc1Cl. The molecule has 7 heteroatoms. The summed E-state index contributed by atoms with van der Waals surface area (Å²) in [6.07, 6.45) is 1.85. The van der Waals surface area contributed by atoms with Crippen molar-refractivity contribution in [1.29, 1.82) is 0 Å². The first-order valence-electron chi connectivity index (χ1n) is 9.99. The number of nitrogens with one attached hydrogen (secondary N) is 1. The Morgan fingerprint density at radius 1 is 1.13 bits per heavy atom. The highest BCUT2D eigenvalue weighted by molar-refractivity contribution is 6.34. The average molecular weight is 428 g/mol. The van der Waals surface area contributed by atoms with Crippen molar-refractivity contribution in [3.63, 3.8) is 0 Å². The molecule has 1 fully saturated rings. The van der Waals surface area contributed by atoms with Crippen molar-refractivity contribution >= 4 is 35.0 Å². The molecule has 0 saturated carbocycles. The van der Waals surface area contributed by atoms with Crippen LogP contribution >= 0.6 is 11.6 Å². The Kier molecular flexibility index (Phi) is 7.11. The maximum absolute atomic E-state index is 12.8. The summed E-state index contributed by atoms with van der Waals surface area (Å²) in [5, 5.41) is 3.16. The molecule has 2 aromatic carbocycles. The van der Waals surface area contributed by atoms with Crippen LogP contribution < -0.4 is 5.32 Å². The van der Waals surface area contributed by atoms with E-state index >= 15 is 0 Å². The van der Waals surface area contributed by atoms with Gasteiger partial charge in [0.05, 0.1) is 22.9 Å². The van der Waals surface area contributed by atoms with Crippen LogP contribution in [0.3, 0.4) is 0 Å². The lowest BCUT2D eigenvalue weighted by Gasteiger charge is -2.32. The fourth-order valence-electron chi connectivity index (χ4n) is 3.55. The van der Waals surface area contributed by atoms with Gasteiger partial charge in [0.1, 0.15) is 0 Å². The highest BCUT2D eigenvalue weighted by Crippen LogP contribution is 2.24. The third-order valence-electron chi connectivity index (χ3n) is 5.22. The number of carbonyl (C=O) groups is 3. The lowest BCUT2D eigenvalue weighted by atomic mass is 9.96. The molecule has 1 atom stereocenters. The smallest absolute Gasteiger partial charge is 0.254 e. The molecule has 0 spiro atoms. The van der Waals surface area contributed by atoms with E-state index in [1.165, 1.54) is 4.90 Å². The zero-order valence-electron chi connectivity index (χ0n) is 17.2. The van der Waals surface area contributed by atoms with Crippen LogP contribution in [0.2, 0.25) is 5.02 Å². The van der Waals surface area contributed by atoms with E-state index in [4.69, 9.17) is 11.6 Å². The molecule has 158 valence electrons. The number of carbonyl (C=O) groups excluding carboxylic acids is 3. The fourth-order valence-corrected chi connectivity index (χ4v) is 3.81. The second-order valence-electron chi connectivity index (χ2n) is 7.72. The Labute approximate surface area is 181 Å². The van der Waals surface area contributed by atoms with Crippen LogP contribution in [0.4, 0.5) is 5.69 Å². The third-order valence-corrected chi connectivity index (χ3v) is 5.53. The molecule has 6 nitrogen and oxygen atoms in total. The van der Waals surface area contributed by atoms with Gasteiger partial charge in [-0.1, -0.05) is 41.9 Å². The number of hydrogen-bond donors (Lipinski definition) is 1. The monoisotopic (exact) mass is 427 g/mol. The normalized spacial score (nSPS) is 16.1. The van der Waals surface area contributed by atoms with Crippen LogP contribution in [0.25, 0.3) is 0 Å². The second kappa shape index (κ2) is 9.76. The minimum Gasteiger partial charge on any atom is -0.345 e. The van der Waals surface area contributed by atoms with Gasteiger partial charge in [0.2, 0.25) is 11.8 Å². The van der Waals surface area contributed by atoms with E-state index in [9.17, 15) is 14.4 Å². The van der Waals surface area contributed by atoms with Crippen molar-refractivity contribution in [3.8, 4) is 0 Å². The van der Waals surface area contributed by atoms with Crippen LogP contribution in [0.5, 0.6) is 0 Å². The van der Waals surface area contributed by atoms with E-state index in [0.717, 1.165) is 18.4 Å². The molecule has 0 aliphatic carbocycles. The van der Waals surface area contributed by atoms with Gasteiger partial charge in [-0.3, -0.25) is 14.4 Å². The van der Waals surface area contributed by atoms with Gasteiger partial charge < -0.3 is 15.1 Å². The topological polar surface area (TPSA) is 69.7 Å². The first-order chi connectivity index (χ1) is 14.3. The molecule has 1 aliphatic rings. The van der Waals surface area contributed by atoms with E-state index in [0.29, 0.717) is 30.8 Å². The number of benzene rings is 2. The molecular weight excluding hydrogens is 402 g/mol. The van der Waals surface area contributed by atoms with E-state index in [2.05, 4.69) is 5.32 Å². The Bertz CT molecular complexity index is 931. The maximum atomic E-state index is 12.8. The van der Waals surface area contributed by atoms with Crippen LogP contribution in [0.15, 0.2) is 48.5 Å². The molecule has 3 rings (SSSR count). The number of anilines is 1. The molecule has 0 aromatic heterocycles. The van der Waals surface area contributed by atoms with Crippen molar-refractivity contribution in [2.75, 3.05) is 32.5 Å². The van der Waals surface area contributed by atoms with Crippen molar-refractivity contribution < 1.29 is 14.4 Å². The predicted molar refractivity (Wildman–Crippen MR) is 118 cm³/mol. The summed E-state index contributed by atoms with van der Waals surface area (Å²) in [5.74, 6) is -0.582. The number of likely N-dealkylation sites (tertiary alicyclic amines) is 1. The highest BCUT2D eigenvalue weighted by Gasteiger charge is 2.28. The van der Waals surface area contributed by atoms with E-state index in [1.54, 1.807) is 37.2 Å². The summed E-state index contributed by atoms with van der Waals surface area (Å²) in [5.41, 5.74) is 1.89. The number of nitrogens with zero attached hydrogens (tertiary/aromatic N) is 2. The molecule has 0 bridgehead atoms. The van der Waals surface area contributed by atoms with Gasteiger partial charge in [0.15, 0.2) is 0 Å². The Hall–Kier alpha value is -2.86. The van der Waals surface area contributed by atoms with Crippen molar-refractivity contribution in [2.45, 2.75) is 19.3 Å². The maximum Gasteiger partial charge on any atom is 0.254 e. The van der Waals surface area contributed by atoms with Crippen LogP contribution in [0.1, 0.15) is 28.8 Å². The fraction of sp³-hybridized carbons (Fsp3) is 0.348. The molecule has 0 radical (unpaired) electrons. The van der Waals surface area contributed by atoms with E-state index in [1.807, 2.05) is 30.3 Å². The van der Waals surface area contributed by atoms with Gasteiger partial charge in [0, 0.05) is 32.9 Å². The van der Waals surface area contributed by atoms with E-state index < -0.39 is 0 Å². The van der Waals surface area contributed by atoms with E-state index in [-0.39, 0.29) is 28.7 Å². The number of piperidine rings is 1. The van der Waals surface area contributed by atoms with Crippen molar-refractivity contribution in [1.82, 2.24) is 9.80 Å². The first-order valence-corrected chi connectivity index (χ1v) is 10.4. The van der Waals surface area contributed by atoms with Gasteiger partial charge >= 0.3 is 0 Å². The largest absolute Gasteiger partial charge is 0.345 e. The Morgan fingerprint density at radius 3 is 2.53 bits per heavy atom. The zero-order chi connectivity index (χ0) is 21.7. The quantitative estimate of drug-likeness (QED) is 0.794. The van der Waals surface area contributed by atoms with Gasteiger partial charge in [-0.15, -0.1) is 0 Å². The number of rotatable bonds is 5. The van der Waals surface area contributed by atoms with Gasteiger partial charge in [-0.25, -0.2) is 0 Å². The average Bonchev–Trinajstić information content (AvgIpc) is 2.74. The minimum absolute atomic E-state index is 0.0355. The number of amides is 3. The molecule has 2 aromatic rings. The van der Waals surface area contributed by atoms with Crippen molar-refractivity contribution in [3.05, 3.63) is 64.7 Å². The summed E-state index contributed by atoms with van der Waals surface area (Å²) in [4.78, 5) is 40.7. The molecule has 1 saturated heterocycles. The molecule has 30 heavy (non-hydrogen) atoms. The molecule has 1 aliphatic heterocycles. The molecule has 3 amide bonds. The highest BCUT2D eigenvalue weighted by atomic mass is 35.5. The molecular formula is C23H26ClN3O3. The standard InChI is InChI=1S/C23H26ClN3O3/c1-26(2)23(30)19-11-10-18(14-20(19)24)25-22(29)17-9-6-12-27(15-17)21(28)13-16-7-4-3-5-8-16/h3-5,7-8,10-11,14,17H,6,9,12-13,15H2,1-2H3,(H,25,29). The number of hydrogen-bond acceptors (Lipinski definition) is 3. The predicted octanol–water partition coefficient (Wildman–Crippen LogP) is 3.46.